The Bertz CT molecular complexity index is 392. The van der Waals surface area contributed by atoms with Crippen LogP contribution in [0, 0.1) is 0 Å². The van der Waals surface area contributed by atoms with E-state index in [4.69, 9.17) is 0 Å². The molecule has 0 saturated carbocycles. The van der Waals surface area contributed by atoms with Crippen molar-refractivity contribution in [3.8, 4) is 0 Å². The van der Waals surface area contributed by atoms with Crippen molar-refractivity contribution in [1.82, 2.24) is 9.61 Å². The van der Waals surface area contributed by atoms with E-state index in [1.165, 1.54) is 0 Å². The fourth-order valence-corrected chi connectivity index (χ4v) is 0.977. The van der Waals surface area contributed by atoms with E-state index < -0.39 is 0 Å². The third kappa shape index (κ3) is 0.902. The summed E-state index contributed by atoms with van der Waals surface area (Å²) in [7, 11) is 0. The maximum absolute atomic E-state index is 10.2. The molecule has 2 rings (SSSR count). The van der Waals surface area contributed by atoms with Crippen LogP contribution >= 0.6 is 0 Å². The summed E-state index contributed by atoms with van der Waals surface area (Å²) in [6, 6.07) is 7.26. The van der Waals surface area contributed by atoms with Crippen LogP contribution in [-0.2, 0) is 4.79 Å². The average molecular weight is 145 g/mol. The summed E-state index contributed by atoms with van der Waals surface area (Å²) in [6.45, 7) is 0. The summed E-state index contributed by atoms with van der Waals surface area (Å²) in [5, 5.41) is 3.95. The van der Waals surface area contributed by atoms with Gasteiger partial charge in [-0.1, -0.05) is 0 Å². The van der Waals surface area contributed by atoms with Crippen LogP contribution in [0.25, 0.3) is 5.52 Å². The summed E-state index contributed by atoms with van der Waals surface area (Å²) < 4.78 is 1.64. The largest absolute Gasteiger partial charge is 0.283 e. The van der Waals surface area contributed by atoms with Gasteiger partial charge in [-0.15, -0.1) is 0 Å². The highest BCUT2D eigenvalue weighted by Gasteiger charge is 1.94. The third-order valence-corrected chi connectivity index (χ3v) is 1.49. The molecular formula is C8H5N2O. The Morgan fingerprint density at radius 1 is 1.36 bits per heavy atom. The Balaban J connectivity index is 2.76. The minimum Gasteiger partial charge on any atom is -0.283 e. The smallest absolute Gasteiger partial charge is 0.255 e. The molecule has 0 saturated heterocycles. The third-order valence-electron chi connectivity index (χ3n) is 1.49. The molecule has 0 N–H and O–H groups in total. The highest BCUT2D eigenvalue weighted by atomic mass is 16.1. The molecule has 0 aliphatic carbocycles. The number of rotatable bonds is 1. The molecule has 0 unspecified atom stereocenters. The molecule has 0 aliphatic rings. The summed E-state index contributed by atoms with van der Waals surface area (Å²) in [6.07, 6.45) is 3.51. The monoisotopic (exact) mass is 145 g/mol. The van der Waals surface area contributed by atoms with Crippen molar-refractivity contribution in [2.24, 2.45) is 0 Å². The Morgan fingerprint density at radius 2 is 2.27 bits per heavy atom. The first-order chi connectivity index (χ1) is 5.40. The molecule has 0 aliphatic heterocycles. The number of fused-ring (bicyclic) bond motifs is 1. The van der Waals surface area contributed by atoms with Gasteiger partial charge in [0.2, 0.25) is 0 Å². The number of carbonyl (C=O) groups excluding carboxylic acids is 1. The van der Waals surface area contributed by atoms with Crippen molar-refractivity contribution in [2.75, 3.05) is 0 Å². The second kappa shape index (κ2) is 2.20. The highest BCUT2D eigenvalue weighted by molar-refractivity contribution is 5.72. The number of aromatic nitrogens is 2. The first-order valence-corrected chi connectivity index (χ1v) is 3.23. The summed E-state index contributed by atoms with van der Waals surface area (Å²) >= 11 is 0. The van der Waals surface area contributed by atoms with Gasteiger partial charge in [-0.2, -0.15) is 5.10 Å². The molecule has 2 aromatic rings. The van der Waals surface area contributed by atoms with Gasteiger partial charge in [0, 0.05) is 6.20 Å². The summed E-state index contributed by atoms with van der Waals surface area (Å²) in [5.74, 6) is 0. The lowest BCUT2D eigenvalue weighted by Gasteiger charge is -1.91. The van der Waals surface area contributed by atoms with Crippen LogP contribution in [0.2, 0.25) is 0 Å². The van der Waals surface area contributed by atoms with Crippen LogP contribution in [-0.4, -0.2) is 15.9 Å². The Kier molecular flexibility index (Phi) is 1.22. The molecule has 11 heavy (non-hydrogen) atoms. The maximum atomic E-state index is 10.2. The predicted octanol–water partition coefficient (Wildman–Crippen LogP) is 0.792. The molecule has 3 heteroatoms. The predicted molar refractivity (Wildman–Crippen MR) is 40.0 cm³/mol. The van der Waals surface area contributed by atoms with E-state index >= 15 is 0 Å². The van der Waals surface area contributed by atoms with Crippen LogP contribution in [0.3, 0.4) is 0 Å². The molecule has 0 atom stereocenters. The molecule has 3 nitrogen and oxygen atoms in total. The number of nitrogens with zero attached hydrogens (tertiary/aromatic N) is 2. The molecule has 0 aromatic carbocycles. The van der Waals surface area contributed by atoms with E-state index in [1.54, 1.807) is 23.1 Å². The first-order valence-electron chi connectivity index (χ1n) is 3.23. The van der Waals surface area contributed by atoms with Gasteiger partial charge in [0.05, 0.1) is 5.52 Å². The van der Waals surface area contributed by atoms with Crippen molar-refractivity contribution in [2.45, 2.75) is 0 Å². The lowest BCUT2D eigenvalue weighted by Crippen LogP contribution is -1.94. The second-order valence-electron chi connectivity index (χ2n) is 2.20. The maximum Gasteiger partial charge on any atom is 0.255 e. The van der Waals surface area contributed by atoms with Gasteiger partial charge in [0.15, 0.2) is 0 Å². The van der Waals surface area contributed by atoms with Crippen molar-refractivity contribution in [3.05, 3.63) is 36.2 Å². The van der Waals surface area contributed by atoms with E-state index in [-0.39, 0.29) is 0 Å². The fraction of sp³-hybridized carbons (Fsp3) is 0. The van der Waals surface area contributed by atoms with E-state index in [1.807, 2.05) is 18.2 Å². The Labute approximate surface area is 63.3 Å². The quantitative estimate of drug-likeness (QED) is 0.594. The fourth-order valence-electron chi connectivity index (χ4n) is 0.977. The zero-order valence-corrected chi connectivity index (χ0v) is 5.69. The lowest BCUT2D eigenvalue weighted by atomic mass is 10.4. The van der Waals surface area contributed by atoms with Crippen molar-refractivity contribution in [1.29, 1.82) is 0 Å². The summed E-state index contributed by atoms with van der Waals surface area (Å²) in [4.78, 5) is 10.2. The van der Waals surface area contributed by atoms with Crippen LogP contribution in [0.4, 0.5) is 0 Å². The van der Waals surface area contributed by atoms with E-state index in [2.05, 4.69) is 5.10 Å². The Hall–Kier alpha value is -1.64. The molecular weight excluding hydrogens is 140 g/mol. The van der Waals surface area contributed by atoms with Gasteiger partial charge in [0.1, 0.15) is 5.69 Å². The minimum atomic E-state index is 0.328. The van der Waals surface area contributed by atoms with Crippen LogP contribution < -0.4 is 0 Å². The Morgan fingerprint density at radius 3 is 3.09 bits per heavy atom. The molecule has 0 amide bonds. The van der Waals surface area contributed by atoms with Crippen LogP contribution in [0.1, 0.15) is 5.69 Å². The lowest BCUT2D eigenvalue weighted by molar-refractivity contribution is 0.560. The van der Waals surface area contributed by atoms with Crippen LogP contribution in [0.15, 0.2) is 30.5 Å². The van der Waals surface area contributed by atoms with Gasteiger partial charge < -0.3 is 0 Å². The molecule has 0 fully saturated rings. The van der Waals surface area contributed by atoms with Crippen molar-refractivity contribution < 1.29 is 4.79 Å². The van der Waals surface area contributed by atoms with Crippen molar-refractivity contribution in [3.63, 3.8) is 0 Å². The van der Waals surface area contributed by atoms with E-state index in [9.17, 15) is 4.79 Å². The second-order valence-corrected chi connectivity index (χ2v) is 2.20. The molecule has 0 bridgehead atoms. The highest BCUT2D eigenvalue weighted by Crippen LogP contribution is 2.01. The molecule has 0 spiro atoms. The molecule has 2 aromatic heterocycles. The first kappa shape index (κ1) is 6.09. The number of hydrogen-bond donors (Lipinski definition) is 0. The average Bonchev–Trinajstić information content (AvgIpc) is 2.50. The van der Waals surface area contributed by atoms with Gasteiger partial charge in [-0.05, 0) is 24.3 Å². The summed E-state index contributed by atoms with van der Waals surface area (Å²) in [5.41, 5.74) is 1.30. The molecule has 53 valence electrons. The van der Waals surface area contributed by atoms with E-state index in [0.29, 0.717) is 5.69 Å². The van der Waals surface area contributed by atoms with E-state index in [0.717, 1.165) is 5.52 Å². The normalized spacial score (nSPS) is 10.2. The van der Waals surface area contributed by atoms with Gasteiger partial charge >= 0.3 is 0 Å². The topological polar surface area (TPSA) is 34.4 Å². The molecule has 1 radical (unpaired) electrons. The zero-order chi connectivity index (χ0) is 7.68. The number of hydrogen-bond acceptors (Lipinski definition) is 2. The van der Waals surface area contributed by atoms with Gasteiger partial charge in [-0.3, -0.25) is 4.79 Å². The SMILES string of the molecule is O=[C]c1ccc2cccn2n1. The van der Waals surface area contributed by atoms with Crippen LogP contribution in [0.5, 0.6) is 0 Å². The van der Waals surface area contributed by atoms with Gasteiger partial charge in [0.25, 0.3) is 6.29 Å². The van der Waals surface area contributed by atoms with Crippen molar-refractivity contribution >= 4 is 11.8 Å². The van der Waals surface area contributed by atoms with Gasteiger partial charge in [-0.25, -0.2) is 4.52 Å². The zero-order valence-electron chi connectivity index (χ0n) is 5.69. The standard InChI is InChI=1S/C8H5N2O/c11-6-7-3-4-8-2-1-5-10(8)9-7/h1-5H. The minimum absolute atomic E-state index is 0.328. The molecule has 2 heterocycles.